The standard InChI is InChI=1S/C16H12F2N4O2/c17-7-1-3-9-11(5-7)21-15(19-9)13(23)14(24)16-20-10-4-2-8(18)6-12(10)22-16/h1-6,13-14,23-24H,(H,19,21)(H,20,22)/t13-,14-/m1/s1. The lowest BCUT2D eigenvalue weighted by molar-refractivity contribution is 0.00779. The van der Waals surface area contributed by atoms with Crippen LogP contribution in [0.5, 0.6) is 0 Å². The van der Waals surface area contributed by atoms with Crippen molar-refractivity contribution in [2.45, 2.75) is 12.2 Å². The molecule has 2 aromatic heterocycles. The third-order valence-electron chi connectivity index (χ3n) is 3.78. The molecule has 2 atom stereocenters. The Morgan fingerprint density at radius 1 is 0.750 bits per heavy atom. The van der Waals surface area contributed by atoms with Gasteiger partial charge in [0.2, 0.25) is 0 Å². The zero-order chi connectivity index (χ0) is 16.8. The molecule has 4 aromatic rings. The van der Waals surface area contributed by atoms with Gasteiger partial charge in [-0.05, 0) is 36.4 Å². The Bertz CT molecular complexity index is 959. The number of H-pyrrole nitrogens is 2. The predicted octanol–water partition coefficient (Wildman–Crippen LogP) is 2.48. The van der Waals surface area contributed by atoms with Gasteiger partial charge in [0.15, 0.2) is 0 Å². The van der Waals surface area contributed by atoms with Gasteiger partial charge in [-0.1, -0.05) is 0 Å². The van der Waals surface area contributed by atoms with Gasteiger partial charge in [-0.3, -0.25) is 0 Å². The van der Waals surface area contributed by atoms with Gasteiger partial charge in [-0.15, -0.1) is 0 Å². The minimum absolute atomic E-state index is 0.0785. The summed E-state index contributed by atoms with van der Waals surface area (Å²) >= 11 is 0. The van der Waals surface area contributed by atoms with Crippen LogP contribution in [0.4, 0.5) is 8.78 Å². The molecule has 0 aliphatic rings. The SMILES string of the molecule is O[C@@H](c1nc2ccc(F)cc2[nH]1)[C@@H](O)c1nc2ccc(F)cc2[nH]1. The van der Waals surface area contributed by atoms with Gasteiger partial charge in [0.1, 0.15) is 35.5 Å². The highest BCUT2D eigenvalue weighted by atomic mass is 19.1. The molecule has 4 rings (SSSR count). The van der Waals surface area contributed by atoms with E-state index in [1.807, 2.05) is 0 Å². The molecule has 2 heterocycles. The van der Waals surface area contributed by atoms with E-state index in [2.05, 4.69) is 19.9 Å². The van der Waals surface area contributed by atoms with Crippen LogP contribution in [0.3, 0.4) is 0 Å². The number of aromatic nitrogens is 4. The van der Waals surface area contributed by atoms with Crippen molar-refractivity contribution in [3.05, 3.63) is 59.7 Å². The van der Waals surface area contributed by atoms with E-state index in [1.165, 1.54) is 36.4 Å². The number of rotatable bonds is 3. The van der Waals surface area contributed by atoms with Crippen LogP contribution < -0.4 is 0 Å². The molecular weight excluding hydrogens is 318 g/mol. The fourth-order valence-electron chi connectivity index (χ4n) is 2.58. The lowest BCUT2D eigenvalue weighted by Gasteiger charge is -2.13. The van der Waals surface area contributed by atoms with E-state index < -0.39 is 23.8 Å². The Labute approximate surface area is 133 Å². The molecule has 0 bridgehead atoms. The molecular formula is C16H12F2N4O2. The number of fused-ring (bicyclic) bond motifs is 2. The molecule has 0 saturated heterocycles. The number of aliphatic hydroxyl groups is 2. The first-order valence-electron chi connectivity index (χ1n) is 7.18. The molecule has 0 spiro atoms. The van der Waals surface area contributed by atoms with Crippen molar-refractivity contribution in [2.75, 3.05) is 0 Å². The molecule has 122 valence electrons. The average molecular weight is 330 g/mol. The summed E-state index contributed by atoms with van der Waals surface area (Å²) in [6.07, 6.45) is -2.82. The van der Waals surface area contributed by atoms with Crippen molar-refractivity contribution in [2.24, 2.45) is 0 Å². The fourth-order valence-corrected chi connectivity index (χ4v) is 2.58. The van der Waals surface area contributed by atoms with Crippen LogP contribution in [0.2, 0.25) is 0 Å². The normalized spacial score (nSPS) is 14.3. The highest BCUT2D eigenvalue weighted by Gasteiger charge is 2.26. The third-order valence-corrected chi connectivity index (χ3v) is 3.78. The van der Waals surface area contributed by atoms with E-state index in [-0.39, 0.29) is 11.6 Å². The van der Waals surface area contributed by atoms with Gasteiger partial charge in [0.25, 0.3) is 0 Å². The van der Waals surface area contributed by atoms with Gasteiger partial charge < -0.3 is 20.2 Å². The summed E-state index contributed by atoms with van der Waals surface area (Å²) in [5.41, 5.74) is 1.74. The minimum Gasteiger partial charge on any atom is -0.382 e. The largest absolute Gasteiger partial charge is 0.382 e. The van der Waals surface area contributed by atoms with E-state index in [1.54, 1.807) is 0 Å². The number of aliphatic hydroxyl groups excluding tert-OH is 2. The first-order chi connectivity index (χ1) is 11.5. The van der Waals surface area contributed by atoms with Gasteiger partial charge in [0.05, 0.1) is 22.1 Å². The summed E-state index contributed by atoms with van der Waals surface area (Å²) in [6.45, 7) is 0. The number of hydrogen-bond donors (Lipinski definition) is 4. The maximum absolute atomic E-state index is 13.2. The number of hydrogen-bond acceptors (Lipinski definition) is 4. The lowest BCUT2D eigenvalue weighted by atomic mass is 10.2. The predicted molar refractivity (Wildman–Crippen MR) is 82.0 cm³/mol. The van der Waals surface area contributed by atoms with Crippen LogP contribution in [0.1, 0.15) is 23.9 Å². The van der Waals surface area contributed by atoms with Crippen molar-refractivity contribution in [3.8, 4) is 0 Å². The zero-order valence-electron chi connectivity index (χ0n) is 12.2. The molecule has 8 heteroatoms. The highest BCUT2D eigenvalue weighted by molar-refractivity contribution is 5.76. The number of nitrogens with one attached hydrogen (secondary N) is 2. The first kappa shape index (κ1) is 14.7. The van der Waals surface area contributed by atoms with E-state index in [0.29, 0.717) is 22.1 Å². The number of imidazole rings is 2. The smallest absolute Gasteiger partial charge is 0.145 e. The van der Waals surface area contributed by atoms with Gasteiger partial charge >= 0.3 is 0 Å². The van der Waals surface area contributed by atoms with Gasteiger partial charge in [-0.2, -0.15) is 0 Å². The molecule has 0 amide bonds. The molecule has 0 saturated carbocycles. The second-order valence-corrected chi connectivity index (χ2v) is 5.46. The number of nitrogens with zero attached hydrogens (tertiary/aromatic N) is 2. The summed E-state index contributed by atoms with van der Waals surface area (Å²) in [5.74, 6) is -0.719. The molecule has 0 unspecified atom stereocenters. The van der Waals surface area contributed by atoms with Gasteiger partial charge in [-0.25, -0.2) is 18.7 Å². The maximum atomic E-state index is 13.2. The summed E-state index contributed by atoms with van der Waals surface area (Å²) in [6, 6.07) is 7.93. The molecule has 0 aliphatic carbocycles. The van der Waals surface area contributed by atoms with Crippen molar-refractivity contribution >= 4 is 22.1 Å². The van der Waals surface area contributed by atoms with E-state index in [9.17, 15) is 19.0 Å². The van der Waals surface area contributed by atoms with Crippen molar-refractivity contribution in [1.82, 2.24) is 19.9 Å². The van der Waals surface area contributed by atoms with E-state index in [4.69, 9.17) is 0 Å². The molecule has 0 fully saturated rings. The lowest BCUT2D eigenvalue weighted by Crippen LogP contribution is -2.13. The molecule has 2 aromatic carbocycles. The van der Waals surface area contributed by atoms with Crippen LogP contribution >= 0.6 is 0 Å². The van der Waals surface area contributed by atoms with E-state index in [0.717, 1.165) is 0 Å². The Morgan fingerprint density at radius 3 is 1.58 bits per heavy atom. The first-order valence-corrected chi connectivity index (χ1v) is 7.18. The number of halogens is 2. The van der Waals surface area contributed by atoms with Crippen molar-refractivity contribution in [1.29, 1.82) is 0 Å². The van der Waals surface area contributed by atoms with Crippen molar-refractivity contribution < 1.29 is 19.0 Å². The van der Waals surface area contributed by atoms with E-state index >= 15 is 0 Å². The third kappa shape index (κ3) is 2.41. The molecule has 6 nitrogen and oxygen atoms in total. The number of aromatic amines is 2. The fraction of sp³-hybridized carbons (Fsp3) is 0.125. The molecule has 24 heavy (non-hydrogen) atoms. The van der Waals surface area contributed by atoms with Crippen LogP contribution in [-0.4, -0.2) is 30.1 Å². The van der Waals surface area contributed by atoms with Crippen LogP contribution in [0.25, 0.3) is 22.1 Å². The topological polar surface area (TPSA) is 97.8 Å². The Morgan fingerprint density at radius 2 is 1.17 bits per heavy atom. The quantitative estimate of drug-likeness (QED) is 0.464. The second kappa shape index (κ2) is 5.36. The summed E-state index contributed by atoms with van der Waals surface area (Å²) in [5, 5.41) is 20.6. The minimum atomic E-state index is -1.41. The van der Waals surface area contributed by atoms with Crippen LogP contribution in [-0.2, 0) is 0 Å². The average Bonchev–Trinajstić information content (AvgIpc) is 3.16. The Hall–Kier alpha value is -2.84. The Kier molecular flexibility index (Phi) is 3.29. The van der Waals surface area contributed by atoms with Crippen LogP contribution in [0, 0.1) is 11.6 Å². The zero-order valence-corrected chi connectivity index (χ0v) is 12.2. The molecule has 0 radical (unpaired) electrons. The Balaban J connectivity index is 1.69. The molecule has 0 aliphatic heterocycles. The maximum Gasteiger partial charge on any atom is 0.145 e. The monoisotopic (exact) mass is 330 g/mol. The summed E-state index contributed by atoms with van der Waals surface area (Å²) in [7, 11) is 0. The second-order valence-electron chi connectivity index (χ2n) is 5.46. The van der Waals surface area contributed by atoms with Gasteiger partial charge in [0, 0.05) is 0 Å². The number of benzene rings is 2. The summed E-state index contributed by atoms with van der Waals surface area (Å²) < 4.78 is 26.4. The van der Waals surface area contributed by atoms with Crippen LogP contribution in [0.15, 0.2) is 36.4 Å². The van der Waals surface area contributed by atoms with Crippen molar-refractivity contribution in [3.63, 3.8) is 0 Å². The highest BCUT2D eigenvalue weighted by Crippen LogP contribution is 2.28. The summed E-state index contributed by atoms with van der Waals surface area (Å²) in [4.78, 5) is 13.8. The molecule has 4 N–H and O–H groups in total.